The predicted octanol–water partition coefficient (Wildman–Crippen LogP) is 4.66. The molecule has 0 heterocycles. The average molecular weight is 413 g/mol. The van der Waals surface area contributed by atoms with Crippen LogP contribution in [0.2, 0.25) is 0 Å². The van der Waals surface area contributed by atoms with Gasteiger partial charge >= 0.3 is 0 Å². The number of hydrogen-bond donors (Lipinski definition) is 2. The quantitative estimate of drug-likeness (QED) is 0.322. The van der Waals surface area contributed by atoms with Crippen molar-refractivity contribution in [2.24, 2.45) is 0 Å². The number of nitrogens with one attached hydrogen (secondary N) is 1. The van der Waals surface area contributed by atoms with Gasteiger partial charge < -0.3 is 15.3 Å². The van der Waals surface area contributed by atoms with E-state index in [9.17, 15) is 14.7 Å². The van der Waals surface area contributed by atoms with E-state index in [0.29, 0.717) is 43.6 Å². The lowest BCUT2D eigenvalue weighted by Crippen LogP contribution is -2.48. The number of allylic oxidation sites excluding steroid dienone is 4. The molecule has 0 saturated heterocycles. The summed E-state index contributed by atoms with van der Waals surface area (Å²) in [6.07, 6.45) is 7.66. The van der Waals surface area contributed by atoms with Gasteiger partial charge in [-0.15, -0.1) is 0 Å². The first-order valence-electron chi connectivity index (χ1n) is 10.00. The molecule has 0 spiro atoms. The summed E-state index contributed by atoms with van der Waals surface area (Å²) in [6.45, 7) is 13.2. The van der Waals surface area contributed by atoms with Crippen LogP contribution in [0.25, 0.3) is 0 Å². The number of hydrogen-bond acceptors (Lipinski definition) is 3. The van der Waals surface area contributed by atoms with E-state index in [1.807, 2.05) is 13.8 Å². The lowest BCUT2D eigenvalue weighted by Gasteiger charge is -2.30. The Morgan fingerprint density at radius 3 is 2.36 bits per heavy atom. The smallest absolute Gasteiger partial charge is 0.224 e. The second-order valence-electron chi connectivity index (χ2n) is 7.54. The van der Waals surface area contributed by atoms with Gasteiger partial charge in [-0.2, -0.15) is 0 Å². The Kier molecular flexibility index (Phi) is 12.8. The van der Waals surface area contributed by atoms with Gasteiger partial charge in [-0.1, -0.05) is 56.7 Å². The summed E-state index contributed by atoms with van der Waals surface area (Å²) in [7, 11) is 1.69. The van der Waals surface area contributed by atoms with Gasteiger partial charge in [-0.05, 0) is 45.1 Å². The number of rotatable bonds is 14. The van der Waals surface area contributed by atoms with Crippen LogP contribution in [0, 0.1) is 0 Å². The van der Waals surface area contributed by atoms with E-state index in [1.165, 1.54) is 0 Å². The van der Waals surface area contributed by atoms with E-state index >= 15 is 0 Å². The minimum atomic E-state index is -0.830. The minimum Gasteiger partial charge on any atom is -0.390 e. The number of carbonyl (C=O) groups excluding carboxylic acids is 2. The van der Waals surface area contributed by atoms with Crippen molar-refractivity contribution in [2.75, 3.05) is 7.05 Å². The first-order valence-corrected chi connectivity index (χ1v) is 10.4. The molecular formula is C22H37ClN2O3. The van der Waals surface area contributed by atoms with Gasteiger partial charge in [0.15, 0.2) is 0 Å². The van der Waals surface area contributed by atoms with Gasteiger partial charge in [0.25, 0.3) is 0 Å². The summed E-state index contributed by atoms with van der Waals surface area (Å²) in [4.78, 5) is 26.2. The summed E-state index contributed by atoms with van der Waals surface area (Å²) in [6, 6.07) is 0. The maximum absolute atomic E-state index is 12.4. The van der Waals surface area contributed by atoms with Crippen molar-refractivity contribution in [2.45, 2.75) is 83.9 Å². The Hall–Kier alpha value is -1.59. The van der Waals surface area contributed by atoms with Crippen LogP contribution in [0.3, 0.4) is 0 Å². The number of halogens is 1. The minimum absolute atomic E-state index is 0.0802. The molecule has 0 fully saturated rings. The second kappa shape index (κ2) is 13.6. The maximum atomic E-state index is 12.4. The zero-order valence-corrected chi connectivity index (χ0v) is 18.6. The van der Waals surface area contributed by atoms with Gasteiger partial charge in [0, 0.05) is 24.9 Å². The molecule has 0 bridgehead atoms. The van der Waals surface area contributed by atoms with Crippen molar-refractivity contribution >= 4 is 23.4 Å². The summed E-state index contributed by atoms with van der Waals surface area (Å²) < 4.78 is 0. The molecule has 2 amide bonds. The average Bonchev–Trinajstić information content (AvgIpc) is 2.61. The fourth-order valence-corrected chi connectivity index (χ4v) is 2.95. The number of amides is 2. The molecule has 2 N–H and O–H groups in total. The Bertz CT molecular complexity index is 570. The van der Waals surface area contributed by atoms with Crippen LogP contribution in [0.4, 0.5) is 0 Å². The van der Waals surface area contributed by atoms with Crippen LogP contribution in [0.1, 0.15) is 72.1 Å². The van der Waals surface area contributed by atoms with E-state index < -0.39 is 5.60 Å². The molecule has 0 saturated carbocycles. The van der Waals surface area contributed by atoms with E-state index in [1.54, 1.807) is 31.0 Å². The molecule has 5 nitrogen and oxygen atoms in total. The van der Waals surface area contributed by atoms with Crippen LogP contribution in [-0.4, -0.2) is 40.6 Å². The standard InChI is InChI=1S/C22H37ClN2O3/c1-7-15-22(5,28)16-14-21(27)25(6)19(8-2)24-20(26)11-9-10-17(3)12-13-18(4)23/h12-13,19,28H,3-4,7-11,14-16H2,1-2,5-6H3,(H,24,26)/b13-12-. The van der Waals surface area contributed by atoms with Crippen molar-refractivity contribution in [3.05, 3.63) is 35.9 Å². The Morgan fingerprint density at radius 2 is 1.82 bits per heavy atom. The molecule has 160 valence electrons. The SMILES string of the molecule is C=C(Cl)/C=C\C(=C)CCCC(=O)NC(CC)N(C)C(=O)CCC(C)(O)CCC. The summed E-state index contributed by atoms with van der Waals surface area (Å²) in [5.41, 5.74) is 0.0520. The zero-order chi connectivity index (χ0) is 21.7. The van der Waals surface area contributed by atoms with Crippen LogP contribution in [-0.2, 0) is 9.59 Å². The van der Waals surface area contributed by atoms with Crippen LogP contribution >= 0.6 is 11.6 Å². The maximum Gasteiger partial charge on any atom is 0.224 e. The van der Waals surface area contributed by atoms with E-state index in [-0.39, 0.29) is 24.4 Å². The van der Waals surface area contributed by atoms with Crippen LogP contribution in [0.15, 0.2) is 35.9 Å². The first kappa shape index (κ1) is 26.4. The molecule has 6 heteroatoms. The summed E-state index contributed by atoms with van der Waals surface area (Å²) in [5.74, 6) is -0.175. The topological polar surface area (TPSA) is 69.6 Å². The molecule has 0 aromatic rings. The largest absolute Gasteiger partial charge is 0.390 e. The number of carbonyl (C=O) groups is 2. The summed E-state index contributed by atoms with van der Waals surface area (Å²) >= 11 is 5.67. The van der Waals surface area contributed by atoms with Gasteiger partial charge in [0.05, 0.1) is 5.60 Å². The monoisotopic (exact) mass is 412 g/mol. The van der Waals surface area contributed by atoms with Gasteiger partial charge in [-0.3, -0.25) is 9.59 Å². The van der Waals surface area contributed by atoms with Crippen molar-refractivity contribution in [1.29, 1.82) is 0 Å². The van der Waals surface area contributed by atoms with Crippen molar-refractivity contribution < 1.29 is 14.7 Å². The van der Waals surface area contributed by atoms with E-state index in [4.69, 9.17) is 11.6 Å². The molecule has 0 rings (SSSR count). The van der Waals surface area contributed by atoms with Gasteiger partial charge in [0.2, 0.25) is 11.8 Å². The number of nitrogens with zero attached hydrogens (tertiary/aromatic N) is 1. The van der Waals surface area contributed by atoms with Crippen LogP contribution < -0.4 is 5.32 Å². The highest BCUT2D eigenvalue weighted by Crippen LogP contribution is 2.19. The van der Waals surface area contributed by atoms with Crippen LogP contribution in [0.5, 0.6) is 0 Å². The molecule has 0 aromatic carbocycles. The molecule has 2 unspecified atom stereocenters. The van der Waals surface area contributed by atoms with Crippen molar-refractivity contribution in [3.63, 3.8) is 0 Å². The molecule has 0 aliphatic carbocycles. The molecule has 0 aliphatic heterocycles. The third kappa shape index (κ3) is 12.0. The predicted molar refractivity (Wildman–Crippen MR) is 117 cm³/mol. The molecule has 2 atom stereocenters. The van der Waals surface area contributed by atoms with Crippen molar-refractivity contribution in [1.82, 2.24) is 10.2 Å². The Labute approximate surface area is 175 Å². The fourth-order valence-electron chi connectivity index (χ4n) is 2.89. The fraction of sp³-hybridized carbons (Fsp3) is 0.636. The molecule has 0 aromatic heterocycles. The van der Waals surface area contributed by atoms with Crippen molar-refractivity contribution in [3.8, 4) is 0 Å². The highest BCUT2D eigenvalue weighted by molar-refractivity contribution is 6.30. The highest BCUT2D eigenvalue weighted by Gasteiger charge is 2.24. The number of aliphatic hydroxyl groups is 1. The third-order valence-corrected chi connectivity index (χ3v) is 4.77. The van der Waals surface area contributed by atoms with E-state index in [0.717, 1.165) is 12.0 Å². The van der Waals surface area contributed by atoms with Gasteiger partial charge in [0.1, 0.15) is 6.17 Å². The normalized spacial score (nSPS) is 14.4. The van der Waals surface area contributed by atoms with Gasteiger partial charge in [-0.25, -0.2) is 0 Å². The summed E-state index contributed by atoms with van der Waals surface area (Å²) in [5, 5.41) is 13.6. The highest BCUT2D eigenvalue weighted by atomic mass is 35.5. The van der Waals surface area contributed by atoms with E-state index in [2.05, 4.69) is 18.5 Å². The second-order valence-corrected chi connectivity index (χ2v) is 8.02. The lowest BCUT2D eigenvalue weighted by molar-refractivity contribution is -0.135. The third-order valence-electron chi connectivity index (χ3n) is 4.64. The zero-order valence-electron chi connectivity index (χ0n) is 17.9. The molecular weight excluding hydrogens is 376 g/mol. The molecule has 0 aliphatic rings. The molecule has 0 radical (unpaired) electrons. The first-order chi connectivity index (χ1) is 13.0. The Balaban J connectivity index is 4.42. The lowest BCUT2D eigenvalue weighted by atomic mass is 9.94. The Morgan fingerprint density at radius 1 is 1.18 bits per heavy atom. The molecule has 28 heavy (non-hydrogen) atoms.